The molecule has 0 aliphatic carbocycles. The molecule has 0 saturated heterocycles. The molecule has 0 fully saturated rings. The summed E-state index contributed by atoms with van der Waals surface area (Å²) < 4.78 is 5.33. The molecule has 0 aromatic rings. The highest BCUT2D eigenvalue weighted by molar-refractivity contribution is 4.53. The maximum absolute atomic E-state index is 8.76. The normalized spacial score (nSPS) is 13.5. The second kappa shape index (κ2) is 7.03. The molecule has 62 valence electrons. The van der Waals surface area contributed by atoms with Crippen LogP contribution in [0.25, 0.3) is 0 Å². The van der Waals surface area contributed by atoms with Crippen LogP contribution in [0.2, 0.25) is 0 Å². The first-order valence-corrected chi connectivity index (χ1v) is 4.07. The zero-order chi connectivity index (χ0) is 7.82. The number of ether oxygens (including phenoxy) is 1. The van der Waals surface area contributed by atoms with E-state index in [1.807, 2.05) is 0 Å². The highest BCUT2D eigenvalue weighted by atomic mass is 16.5. The second-order valence-electron chi connectivity index (χ2n) is 2.46. The van der Waals surface area contributed by atoms with Crippen molar-refractivity contribution in [3.8, 4) is 0 Å². The van der Waals surface area contributed by atoms with Crippen molar-refractivity contribution in [3.05, 3.63) is 0 Å². The van der Waals surface area contributed by atoms with Gasteiger partial charge in [0.25, 0.3) is 0 Å². The zero-order valence-electron chi connectivity index (χ0n) is 6.97. The average Bonchev–Trinajstić information content (AvgIpc) is 1.98. The largest absolute Gasteiger partial charge is 0.394 e. The Morgan fingerprint density at radius 3 is 2.40 bits per heavy atom. The lowest BCUT2D eigenvalue weighted by Crippen LogP contribution is -2.17. The van der Waals surface area contributed by atoms with Crippen LogP contribution in [0.1, 0.15) is 33.1 Å². The molecule has 1 N–H and O–H groups in total. The summed E-state index contributed by atoms with van der Waals surface area (Å²) in [4.78, 5) is 0. The van der Waals surface area contributed by atoms with Gasteiger partial charge in [-0.3, -0.25) is 0 Å². The summed E-state index contributed by atoms with van der Waals surface area (Å²) in [6.07, 6.45) is 3.15. The van der Waals surface area contributed by atoms with Gasteiger partial charge in [-0.05, 0) is 12.8 Å². The van der Waals surface area contributed by atoms with Gasteiger partial charge in [0.05, 0.1) is 12.7 Å². The van der Waals surface area contributed by atoms with Crippen LogP contribution in [0.3, 0.4) is 0 Å². The SMILES string of the molecule is CCCOC(CO)CCC. The Bertz CT molecular complexity index is 64.3. The average molecular weight is 146 g/mol. The maximum atomic E-state index is 8.76. The quantitative estimate of drug-likeness (QED) is 0.616. The lowest BCUT2D eigenvalue weighted by atomic mass is 10.2. The van der Waals surface area contributed by atoms with Crippen molar-refractivity contribution in [1.82, 2.24) is 0 Å². The molecule has 0 aliphatic heterocycles. The predicted octanol–water partition coefficient (Wildman–Crippen LogP) is 1.57. The first-order valence-electron chi connectivity index (χ1n) is 4.07. The van der Waals surface area contributed by atoms with Crippen LogP contribution in [0.4, 0.5) is 0 Å². The standard InChI is InChI=1S/C8H18O2/c1-3-5-8(7-9)10-6-4-2/h8-9H,3-7H2,1-2H3. The molecule has 10 heavy (non-hydrogen) atoms. The van der Waals surface area contributed by atoms with Gasteiger partial charge in [-0.2, -0.15) is 0 Å². The second-order valence-corrected chi connectivity index (χ2v) is 2.46. The van der Waals surface area contributed by atoms with E-state index in [2.05, 4.69) is 13.8 Å². The smallest absolute Gasteiger partial charge is 0.0805 e. The lowest BCUT2D eigenvalue weighted by Gasteiger charge is -2.12. The molecule has 0 aliphatic rings. The molecule has 0 aromatic carbocycles. The van der Waals surface area contributed by atoms with Crippen molar-refractivity contribution < 1.29 is 9.84 Å². The number of hydrogen-bond donors (Lipinski definition) is 1. The monoisotopic (exact) mass is 146 g/mol. The van der Waals surface area contributed by atoms with Crippen molar-refractivity contribution in [2.75, 3.05) is 13.2 Å². The van der Waals surface area contributed by atoms with Gasteiger partial charge in [0.1, 0.15) is 0 Å². The molecular formula is C8H18O2. The van der Waals surface area contributed by atoms with Gasteiger partial charge >= 0.3 is 0 Å². The Balaban J connectivity index is 3.21. The summed E-state index contributed by atoms with van der Waals surface area (Å²) in [5.74, 6) is 0. The third kappa shape index (κ3) is 4.77. The van der Waals surface area contributed by atoms with E-state index >= 15 is 0 Å². The number of aliphatic hydroxyl groups is 1. The minimum absolute atomic E-state index is 0.0740. The first kappa shape index (κ1) is 9.92. The van der Waals surface area contributed by atoms with Crippen LogP contribution < -0.4 is 0 Å². The number of hydrogen-bond acceptors (Lipinski definition) is 2. The van der Waals surface area contributed by atoms with Gasteiger partial charge < -0.3 is 9.84 Å². The molecular weight excluding hydrogens is 128 g/mol. The lowest BCUT2D eigenvalue weighted by molar-refractivity contribution is 0.00816. The van der Waals surface area contributed by atoms with E-state index < -0.39 is 0 Å². The van der Waals surface area contributed by atoms with Crippen LogP contribution in [0.5, 0.6) is 0 Å². The molecule has 1 atom stereocenters. The van der Waals surface area contributed by atoms with Crippen molar-refractivity contribution in [2.24, 2.45) is 0 Å². The fourth-order valence-electron chi connectivity index (χ4n) is 0.834. The summed E-state index contributed by atoms with van der Waals surface area (Å²) in [5.41, 5.74) is 0. The fraction of sp³-hybridized carbons (Fsp3) is 1.00. The van der Waals surface area contributed by atoms with Gasteiger partial charge in [-0.1, -0.05) is 20.3 Å². The minimum Gasteiger partial charge on any atom is -0.394 e. The van der Waals surface area contributed by atoms with Gasteiger partial charge in [-0.25, -0.2) is 0 Å². The van der Waals surface area contributed by atoms with E-state index in [0.717, 1.165) is 25.9 Å². The van der Waals surface area contributed by atoms with Crippen LogP contribution in [0.15, 0.2) is 0 Å². The van der Waals surface area contributed by atoms with Gasteiger partial charge in [0.2, 0.25) is 0 Å². The maximum Gasteiger partial charge on any atom is 0.0805 e. The fourth-order valence-corrected chi connectivity index (χ4v) is 0.834. The summed E-state index contributed by atoms with van der Waals surface area (Å²) in [7, 11) is 0. The molecule has 0 amide bonds. The summed E-state index contributed by atoms with van der Waals surface area (Å²) in [6, 6.07) is 0. The molecule has 0 aromatic heterocycles. The summed E-state index contributed by atoms with van der Waals surface area (Å²) in [6.45, 7) is 5.09. The highest BCUT2D eigenvalue weighted by Gasteiger charge is 2.03. The van der Waals surface area contributed by atoms with Crippen LogP contribution >= 0.6 is 0 Å². The van der Waals surface area contributed by atoms with E-state index in [9.17, 15) is 0 Å². The third-order valence-corrected chi connectivity index (χ3v) is 1.37. The van der Waals surface area contributed by atoms with E-state index in [1.54, 1.807) is 0 Å². The molecule has 1 unspecified atom stereocenters. The van der Waals surface area contributed by atoms with Crippen LogP contribution in [-0.2, 0) is 4.74 Å². The van der Waals surface area contributed by atoms with E-state index in [4.69, 9.17) is 9.84 Å². The van der Waals surface area contributed by atoms with E-state index in [1.165, 1.54) is 0 Å². The van der Waals surface area contributed by atoms with Crippen molar-refractivity contribution in [3.63, 3.8) is 0 Å². The molecule has 2 nitrogen and oxygen atoms in total. The topological polar surface area (TPSA) is 29.5 Å². The molecule has 0 bridgehead atoms. The third-order valence-electron chi connectivity index (χ3n) is 1.37. The Morgan fingerprint density at radius 1 is 1.30 bits per heavy atom. The number of rotatable bonds is 6. The Hall–Kier alpha value is -0.0800. The predicted molar refractivity (Wildman–Crippen MR) is 42.0 cm³/mol. The van der Waals surface area contributed by atoms with Crippen molar-refractivity contribution in [2.45, 2.75) is 39.2 Å². The Morgan fingerprint density at radius 2 is 2.00 bits per heavy atom. The molecule has 2 heteroatoms. The molecule has 0 spiro atoms. The van der Waals surface area contributed by atoms with Crippen molar-refractivity contribution in [1.29, 1.82) is 0 Å². The van der Waals surface area contributed by atoms with E-state index in [0.29, 0.717) is 0 Å². The first-order chi connectivity index (χ1) is 4.85. The molecule has 0 radical (unpaired) electrons. The van der Waals surface area contributed by atoms with Crippen LogP contribution in [0, 0.1) is 0 Å². The van der Waals surface area contributed by atoms with E-state index in [-0.39, 0.29) is 12.7 Å². The summed E-state index contributed by atoms with van der Waals surface area (Å²) >= 11 is 0. The van der Waals surface area contributed by atoms with Gasteiger partial charge in [0.15, 0.2) is 0 Å². The highest BCUT2D eigenvalue weighted by Crippen LogP contribution is 2.01. The number of aliphatic hydroxyl groups excluding tert-OH is 1. The molecule has 0 heterocycles. The van der Waals surface area contributed by atoms with Gasteiger partial charge in [0, 0.05) is 6.61 Å². The van der Waals surface area contributed by atoms with Crippen LogP contribution in [-0.4, -0.2) is 24.4 Å². The van der Waals surface area contributed by atoms with Gasteiger partial charge in [-0.15, -0.1) is 0 Å². The molecule has 0 rings (SSSR count). The summed E-state index contributed by atoms with van der Waals surface area (Å²) in [5, 5.41) is 8.76. The van der Waals surface area contributed by atoms with Crippen molar-refractivity contribution >= 4 is 0 Å². The minimum atomic E-state index is 0.0740. The Kier molecular flexibility index (Phi) is 6.98. The zero-order valence-corrected chi connectivity index (χ0v) is 6.97. The Labute approximate surface area is 63.2 Å². The molecule has 0 saturated carbocycles.